The molecule has 0 saturated carbocycles. The van der Waals surface area contributed by atoms with E-state index in [4.69, 9.17) is 14.8 Å². The Balaban J connectivity index is 4.17. The molecule has 49 heavy (non-hydrogen) atoms. The van der Waals surface area contributed by atoms with Crippen molar-refractivity contribution in [2.75, 3.05) is 19.8 Å². The number of hydrogen-bond acceptors (Lipinski definition) is 6. The standard InChI is InChI=1S/C40H75N2O6P/c1-3-5-7-9-11-13-14-15-16-17-18-19-20-21-22-23-24-26-28-30-32-34-40(44)42-38(37-48-49(45,46)47-36-35-41)39(43)33-31-29-27-25-12-10-8-6-4-2/h12,14-15,17-18,25,31,33,38-39,43H,3-11,13,16,19-24,26-30,32,34-37,41H2,1-2H3,(H,42,44)(H,45,46)/b15-14-,18-17-,25-12+,33-31+. The molecule has 0 rings (SSSR count). The van der Waals surface area contributed by atoms with Gasteiger partial charge in [-0.05, 0) is 64.2 Å². The first-order chi connectivity index (χ1) is 23.9. The molecular weight excluding hydrogens is 635 g/mol. The van der Waals surface area contributed by atoms with E-state index in [0.29, 0.717) is 6.42 Å². The van der Waals surface area contributed by atoms with Crippen LogP contribution < -0.4 is 11.1 Å². The molecule has 0 aliphatic rings. The Labute approximate surface area is 301 Å². The molecule has 0 heterocycles. The Morgan fingerprint density at radius 2 is 1.14 bits per heavy atom. The van der Waals surface area contributed by atoms with Crippen LogP contribution in [0.15, 0.2) is 48.6 Å². The summed E-state index contributed by atoms with van der Waals surface area (Å²) < 4.78 is 22.0. The van der Waals surface area contributed by atoms with Gasteiger partial charge < -0.3 is 21.1 Å². The van der Waals surface area contributed by atoms with E-state index in [1.807, 2.05) is 6.08 Å². The summed E-state index contributed by atoms with van der Waals surface area (Å²) >= 11 is 0. The second-order valence-electron chi connectivity index (χ2n) is 13.1. The van der Waals surface area contributed by atoms with Gasteiger partial charge in [-0.2, -0.15) is 0 Å². The largest absolute Gasteiger partial charge is 0.472 e. The average molecular weight is 711 g/mol. The highest BCUT2D eigenvalue weighted by atomic mass is 31.2. The number of carbonyl (C=O) groups is 1. The van der Waals surface area contributed by atoms with Gasteiger partial charge in [-0.1, -0.05) is 146 Å². The van der Waals surface area contributed by atoms with Crippen LogP contribution in [-0.4, -0.2) is 47.8 Å². The number of nitrogens with one attached hydrogen (secondary N) is 1. The lowest BCUT2D eigenvalue weighted by Gasteiger charge is -2.23. The molecule has 0 radical (unpaired) electrons. The van der Waals surface area contributed by atoms with Crippen LogP contribution >= 0.6 is 7.82 Å². The van der Waals surface area contributed by atoms with Crippen LogP contribution in [0.25, 0.3) is 0 Å². The van der Waals surface area contributed by atoms with Crippen LogP contribution in [0, 0.1) is 0 Å². The molecule has 0 aliphatic carbocycles. The molecule has 9 heteroatoms. The first-order valence-corrected chi connectivity index (χ1v) is 21.3. The second-order valence-corrected chi connectivity index (χ2v) is 14.6. The van der Waals surface area contributed by atoms with Gasteiger partial charge >= 0.3 is 7.82 Å². The molecule has 0 aromatic carbocycles. The van der Waals surface area contributed by atoms with Crippen molar-refractivity contribution < 1.29 is 28.4 Å². The lowest BCUT2D eigenvalue weighted by molar-refractivity contribution is -0.123. The fraction of sp³-hybridized carbons (Fsp3) is 0.775. The van der Waals surface area contributed by atoms with E-state index in [1.165, 1.54) is 103 Å². The molecule has 3 atom stereocenters. The van der Waals surface area contributed by atoms with Crippen molar-refractivity contribution in [1.29, 1.82) is 0 Å². The Morgan fingerprint density at radius 3 is 1.73 bits per heavy atom. The van der Waals surface area contributed by atoms with Gasteiger partial charge in [0.05, 0.1) is 25.4 Å². The minimum atomic E-state index is -4.34. The van der Waals surface area contributed by atoms with E-state index in [9.17, 15) is 19.4 Å². The van der Waals surface area contributed by atoms with E-state index >= 15 is 0 Å². The third-order valence-electron chi connectivity index (χ3n) is 8.38. The molecule has 0 fully saturated rings. The number of amides is 1. The van der Waals surface area contributed by atoms with Gasteiger partial charge in [-0.3, -0.25) is 13.8 Å². The molecular formula is C40H75N2O6P. The summed E-state index contributed by atoms with van der Waals surface area (Å²) in [5.74, 6) is -0.213. The van der Waals surface area contributed by atoms with Gasteiger partial charge in [-0.15, -0.1) is 0 Å². The molecule has 0 spiro atoms. The summed E-state index contributed by atoms with van der Waals surface area (Å²) in [5.41, 5.74) is 5.34. The smallest absolute Gasteiger partial charge is 0.387 e. The molecule has 1 amide bonds. The zero-order valence-corrected chi connectivity index (χ0v) is 32.3. The summed E-state index contributed by atoms with van der Waals surface area (Å²) in [5, 5.41) is 13.5. The average Bonchev–Trinajstić information content (AvgIpc) is 3.09. The Bertz CT molecular complexity index is 907. The molecule has 5 N–H and O–H groups in total. The zero-order chi connectivity index (χ0) is 36.1. The number of aliphatic hydroxyl groups is 1. The quantitative estimate of drug-likeness (QED) is 0.0289. The highest BCUT2D eigenvalue weighted by molar-refractivity contribution is 7.47. The van der Waals surface area contributed by atoms with E-state index in [1.54, 1.807) is 6.08 Å². The fourth-order valence-electron chi connectivity index (χ4n) is 5.35. The third kappa shape index (κ3) is 34.7. The molecule has 286 valence electrons. The maximum absolute atomic E-state index is 12.7. The minimum Gasteiger partial charge on any atom is -0.387 e. The summed E-state index contributed by atoms with van der Waals surface area (Å²) in [6.07, 6.45) is 43.1. The second kappa shape index (κ2) is 36.3. The molecule has 0 aliphatic heterocycles. The van der Waals surface area contributed by atoms with Crippen LogP contribution in [0.4, 0.5) is 0 Å². The van der Waals surface area contributed by atoms with Crippen molar-refractivity contribution in [1.82, 2.24) is 5.32 Å². The van der Waals surface area contributed by atoms with Gasteiger partial charge in [0.2, 0.25) is 5.91 Å². The number of carbonyl (C=O) groups excluding carboxylic acids is 1. The topological polar surface area (TPSA) is 131 Å². The van der Waals surface area contributed by atoms with Crippen LogP contribution in [-0.2, 0) is 18.4 Å². The number of phosphoric acid groups is 1. The number of allylic oxidation sites excluding steroid dienone is 7. The van der Waals surface area contributed by atoms with Crippen LogP contribution in [0.5, 0.6) is 0 Å². The van der Waals surface area contributed by atoms with E-state index in [-0.39, 0.29) is 25.7 Å². The molecule has 0 aromatic rings. The van der Waals surface area contributed by atoms with Gasteiger partial charge in [0.15, 0.2) is 0 Å². The molecule has 8 nitrogen and oxygen atoms in total. The van der Waals surface area contributed by atoms with Gasteiger partial charge in [0.25, 0.3) is 0 Å². The van der Waals surface area contributed by atoms with Crippen LogP contribution in [0.3, 0.4) is 0 Å². The predicted molar refractivity (Wildman–Crippen MR) is 207 cm³/mol. The fourth-order valence-corrected chi connectivity index (χ4v) is 6.11. The number of unbranched alkanes of at least 4 members (excludes halogenated alkanes) is 18. The minimum absolute atomic E-state index is 0.0716. The van der Waals surface area contributed by atoms with Gasteiger partial charge in [0, 0.05) is 13.0 Å². The Kier molecular flexibility index (Phi) is 35.1. The normalized spacial score (nSPS) is 14.8. The molecule has 0 aromatic heterocycles. The maximum atomic E-state index is 12.7. The Morgan fingerprint density at radius 1 is 0.673 bits per heavy atom. The lowest BCUT2D eigenvalue weighted by Crippen LogP contribution is -2.45. The SMILES string of the molecule is CCCCC/C=C/CC/C=C/C(O)C(COP(=O)(O)OCCN)NC(=O)CCCCCCCCCCC/C=C\C/C=C\CCCCCCC. The number of phosphoric ester groups is 1. The molecule has 0 bridgehead atoms. The van der Waals surface area contributed by atoms with Crippen LogP contribution in [0.2, 0.25) is 0 Å². The number of rotatable bonds is 36. The number of hydrogen-bond donors (Lipinski definition) is 4. The molecule has 3 unspecified atom stereocenters. The monoisotopic (exact) mass is 711 g/mol. The maximum Gasteiger partial charge on any atom is 0.472 e. The van der Waals surface area contributed by atoms with Gasteiger partial charge in [0.1, 0.15) is 0 Å². The number of aliphatic hydroxyl groups excluding tert-OH is 1. The van der Waals surface area contributed by atoms with Crippen molar-refractivity contribution in [3.05, 3.63) is 48.6 Å². The summed E-state index contributed by atoms with van der Waals surface area (Å²) in [7, 11) is -4.34. The zero-order valence-electron chi connectivity index (χ0n) is 31.4. The van der Waals surface area contributed by atoms with Crippen molar-refractivity contribution in [3.8, 4) is 0 Å². The molecule has 0 saturated heterocycles. The van der Waals surface area contributed by atoms with Crippen molar-refractivity contribution in [3.63, 3.8) is 0 Å². The Hall–Kier alpha value is -1.54. The van der Waals surface area contributed by atoms with E-state index in [0.717, 1.165) is 44.9 Å². The van der Waals surface area contributed by atoms with Gasteiger partial charge in [-0.25, -0.2) is 4.57 Å². The van der Waals surface area contributed by atoms with E-state index in [2.05, 4.69) is 55.6 Å². The highest BCUT2D eigenvalue weighted by Gasteiger charge is 2.26. The number of nitrogens with two attached hydrogens (primary N) is 1. The van der Waals surface area contributed by atoms with Crippen molar-refractivity contribution >= 4 is 13.7 Å². The lowest BCUT2D eigenvalue weighted by atomic mass is 10.1. The summed E-state index contributed by atoms with van der Waals surface area (Å²) in [6, 6.07) is -0.877. The summed E-state index contributed by atoms with van der Waals surface area (Å²) in [4.78, 5) is 22.6. The first kappa shape index (κ1) is 47.5. The summed E-state index contributed by atoms with van der Waals surface area (Å²) in [6.45, 7) is 4.03. The predicted octanol–water partition coefficient (Wildman–Crippen LogP) is 10.6. The van der Waals surface area contributed by atoms with Crippen molar-refractivity contribution in [2.45, 2.75) is 180 Å². The van der Waals surface area contributed by atoms with Crippen molar-refractivity contribution in [2.24, 2.45) is 5.73 Å². The van der Waals surface area contributed by atoms with Crippen LogP contribution in [0.1, 0.15) is 168 Å². The van der Waals surface area contributed by atoms with E-state index < -0.39 is 20.0 Å². The first-order valence-electron chi connectivity index (χ1n) is 19.8. The highest BCUT2D eigenvalue weighted by Crippen LogP contribution is 2.43. The third-order valence-corrected chi connectivity index (χ3v) is 9.36.